The van der Waals surface area contributed by atoms with Gasteiger partial charge in [0.1, 0.15) is 5.82 Å². The zero-order valence-corrected chi connectivity index (χ0v) is 18.2. The lowest BCUT2D eigenvalue weighted by Crippen LogP contribution is -2.48. The summed E-state index contributed by atoms with van der Waals surface area (Å²) in [6.45, 7) is 3.12. The minimum atomic E-state index is -3.74. The Labute approximate surface area is 183 Å². The largest absolute Gasteiger partial charge is 0.352 e. The van der Waals surface area contributed by atoms with Crippen molar-refractivity contribution >= 4 is 15.9 Å². The fourth-order valence-electron chi connectivity index (χ4n) is 4.39. The van der Waals surface area contributed by atoms with Crippen molar-refractivity contribution in [3.63, 3.8) is 0 Å². The maximum Gasteiger partial charge on any atom is 0.243 e. The third-order valence-electron chi connectivity index (χ3n) is 6.07. The average Bonchev–Trinajstić information content (AvgIpc) is 3.21. The first kappa shape index (κ1) is 21.9. The Kier molecular flexibility index (Phi) is 6.69. The van der Waals surface area contributed by atoms with Crippen molar-refractivity contribution in [2.24, 2.45) is 5.92 Å². The predicted octanol–water partition coefficient (Wildman–Crippen LogP) is 2.62. The van der Waals surface area contributed by atoms with Crippen molar-refractivity contribution in [3.8, 4) is 0 Å². The first-order valence-corrected chi connectivity index (χ1v) is 12.2. The highest BCUT2D eigenvalue weighted by molar-refractivity contribution is 7.89. The Hall–Kier alpha value is -2.29. The Morgan fingerprint density at radius 2 is 1.74 bits per heavy atom. The van der Waals surface area contributed by atoms with Crippen LogP contribution in [0.1, 0.15) is 24.8 Å². The van der Waals surface area contributed by atoms with Gasteiger partial charge < -0.3 is 5.32 Å². The maximum absolute atomic E-state index is 13.2. The van der Waals surface area contributed by atoms with Gasteiger partial charge in [-0.1, -0.05) is 30.3 Å². The third-order valence-corrected chi connectivity index (χ3v) is 7.95. The number of benzene rings is 2. The summed E-state index contributed by atoms with van der Waals surface area (Å²) >= 11 is 0. The predicted molar refractivity (Wildman–Crippen MR) is 116 cm³/mol. The van der Waals surface area contributed by atoms with E-state index in [-0.39, 0.29) is 29.3 Å². The zero-order valence-electron chi connectivity index (χ0n) is 17.4. The van der Waals surface area contributed by atoms with Gasteiger partial charge in [-0.05, 0) is 49.1 Å². The zero-order chi connectivity index (χ0) is 21.8. The number of hydrogen-bond acceptors (Lipinski definition) is 4. The van der Waals surface area contributed by atoms with Gasteiger partial charge in [-0.15, -0.1) is 0 Å². The Morgan fingerprint density at radius 3 is 2.48 bits per heavy atom. The average molecular weight is 446 g/mol. The van der Waals surface area contributed by atoms with E-state index >= 15 is 0 Å². The highest BCUT2D eigenvalue weighted by Crippen LogP contribution is 2.24. The number of rotatable bonds is 6. The van der Waals surface area contributed by atoms with Gasteiger partial charge >= 0.3 is 0 Å². The van der Waals surface area contributed by atoms with Crippen molar-refractivity contribution in [3.05, 3.63) is 66.0 Å². The van der Waals surface area contributed by atoms with Crippen molar-refractivity contribution in [1.29, 1.82) is 0 Å². The van der Waals surface area contributed by atoms with Gasteiger partial charge in [0.2, 0.25) is 15.9 Å². The molecule has 4 rings (SSSR count). The van der Waals surface area contributed by atoms with E-state index in [1.54, 1.807) is 0 Å². The van der Waals surface area contributed by atoms with Crippen LogP contribution >= 0.6 is 0 Å². The molecule has 0 radical (unpaired) electrons. The molecular formula is C23H28FN3O3S. The molecule has 2 aliphatic rings. The molecule has 2 saturated heterocycles. The number of amides is 1. The van der Waals surface area contributed by atoms with Gasteiger partial charge in [-0.3, -0.25) is 9.69 Å². The summed E-state index contributed by atoms with van der Waals surface area (Å²) in [7, 11) is -3.74. The lowest BCUT2D eigenvalue weighted by molar-refractivity contribution is -0.126. The van der Waals surface area contributed by atoms with Crippen LogP contribution in [-0.2, 0) is 21.4 Å². The van der Waals surface area contributed by atoms with Gasteiger partial charge in [0.15, 0.2) is 0 Å². The van der Waals surface area contributed by atoms with E-state index < -0.39 is 15.8 Å². The standard InChI is InChI=1S/C23H28FN3O3S/c24-20-8-10-22(11-9-20)31(29,30)27-13-4-7-19(16-27)23(28)25-21-12-14-26(17-21)15-18-5-2-1-3-6-18/h1-3,5-6,8-11,19,21H,4,7,12-17H2,(H,25,28)/t19-,21-/m1/s1. The van der Waals surface area contributed by atoms with Gasteiger partial charge in [-0.25, -0.2) is 12.8 Å². The summed E-state index contributed by atoms with van der Waals surface area (Å²) in [4.78, 5) is 15.3. The van der Waals surface area contributed by atoms with E-state index in [0.29, 0.717) is 19.4 Å². The minimum Gasteiger partial charge on any atom is -0.352 e. The number of nitrogens with one attached hydrogen (secondary N) is 1. The number of hydrogen-bond donors (Lipinski definition) is 1. The van der Waals surface area contributed by atoms with E-state index in [1.165, 1.54) is 22.0 Å². The Morgan fingerprint density at radius 1 is 1.00 bits per heavy atom. The summed E-state index contributed by atoms with van der Waals surface area (Å²) in [5.74, 6) is -0.926. The molecule has 6 nitrogen and oxygen atoms in total. The number of nitrogens with zero attached hydrogens (tertiary/aromatic N) is 2. The van der Waals surface area contributed by atoms with E-state index in [9.17, 15) is 17.6 Å². The molecule has 166 valence electrons. The van der Waals surface area contributed by atoms with Gasteiger partial charge in [0, 0.05) is 38.8 Å². The third kappa shape index (κ3) is 5.31. The molecule has 2 aromatic carbocycles. The second-order valence-electron chi connectivity index (χ2n) is 8.37. The molecule has 2 heterocycles. The molecule has 0 spiro atoms. The van der Waals surface area contributed by atoms with Crippen LogP contribution in [0.2, 0.25) is 0 Å². The number of halogens is 1. The molecule has 1 amide bonds. The monoisotopic (exact) mass is 445 g/mol. The SMILES string of the molecule is O=C(N[C@@H]1CCN(Cc2ccccc2)C1)[C@@H]1CCCN(S(=O)(=O)c2ccc(F)cc2)C1. The van der Waals surface area contributed by atoms with Crippen LogP contribution in [0.3, 0.4) is 0 Å². The van der Waals surface area contributed by atoms with E-state index in [1.807, 2.05) is 18.2 Å². The second-order valence-corrected chi connectivity index (χ2v) is 10.3. The van der Waals surface area contributed by atoms with Gasteiger partial charge in [0.05, 0.1) is 10.8 Å². The molecule has 2 atom stereocenters. The first-order valence-electron chi connectivity index (χ1n) is 10.7. The fraction of sp³-hybridized carbons (Fsp3) is 0.435. The summed E-state index contributed by atoms with van der Waals surface area (Å²) < 4.78 is 40.3. The summed E-state index contributed by atoms with van der Waals surface area (Å²) in [5.41, 5.74) is 1.25. The van der Waals surface area contributed by atoms with Crippen LogP contribution in [-0.4, -0.2) is 55.8 Å². The molecule has 0 aromatic heterocycles. The Bertz CT molecular complexity index is 998. The molecule has 0 bridgehead atoms. The van der Waals surface area contributed by atoms with Crippen molar-refractivity contribution < 1.29 is 17.6 Å². The molecule has 8 heteroatoms. The summed E-state index contributed by atoms with van der Waals surface area (Å²) in [5, 5.41) is 3.13. The maximum atomic E-state index is 13.2. The highest BCUT2D eigenvalue weighted by Gasteiger charge is 2.34. The van der Waals surface area contributed by atoms with Crippen molar-refractivity contribution in [2.75, 3.05) is 26.2 Å². The molecular weight excluding hydrogens is 417 g/mol. The van der Waals surface area contributed by atoms with Crippen LogP contribution < -0.4 is 5.32 Å². The lowest BCUT2D eigenvalue weighted by Gasteiger charge is -2.31. The molecule has 1 N–H and O–H groups in total. The van der Waals surface area contributed by atoms with Crippen LogP contribution in [0.4, 0.5) is 4.39 Å². The van der Waals surface area contributed by atoms with Crippen LogP contribution in [0.5, 0.6) is 0 Å². The number of likely N-dealkylation sites (tertiary alicyclic amines) is 1. The van der Waals surface area contributed by atoms with Gasteiger partial charge in [-0.2, -0.15) is 4.31 Å². The van der Waals surface area contributed by atoms with Crippen LogP contribution in [0.25, 0.3) is 0 Å². The number of piperidine rings is 1. The topological polar surface area (TPSA) is 69.7 Å². The molecule has 0 saturated carbocycles. The Balaban J connectivity index is 1.32. The molecule has 2 fully saturated rings. The van der Waals surface area contributed by atoms with Crippen molar-refractivity contribution in [2.45, 2.75) is 36.7 Å². The quantitative estimate of drug-likeness (QED) is 0.742. The van der Waals surface area contributed by atoms with Gasteiger partial charge in [0.25, 0.3) is 0 Å². The number of carbonyl (C=O) groups excluding carboxylic acids is 1. The molecule has 2 aliphatic heterocycles. The lowest BCUT2D eigenvalue weighted by atomic mass is 9.98. The second kappa shape index (κ2) is 9.46. The van der Waals surface area contributed by atoms with Crippen LogP contribution in [0.15, 0.2) is 59.5 Å². The first-order chi connectivity index (χ1) is 14.9. The number of carbonyl (C=O) groups is 1. The molecule has 0 aliphatic carbocycles. The molecule has 0 unspecified atom stereocenters. The smallest absolute Gasteiger partial charge is 0.243 e. The normalized spacial score (nSPS) is 23.0. The summed E-state index contributed by atoms with van der Waals surface area (Å²) in [6, 6.07) is 15.2. The van der Waals surface area contributed by atoms with E-state index in [4.69, 9.17) is 0 Å². The molecule has 2 aromatic rings. The fourth-order valence-corrected chi connectivity index (χ4v) is 5.91. The van der Waals surface area contributed by atoms with Crippen molar-refractivity contribution in [1.82, 2.24) is 14.5 Å². The van der Waals surface area contributed by atoms with E-state index in [0.717, 1.165) is 38.2 Å². The molecule has 31 heavy (non-hydrogen) atoms. The van der Waals surface area contributed by atoms with E-state index in [2.05, 4.69) is 22.3 Å². The van der Waals surface area contributed by atoms with Crippen LogP contribution in [0, 0.1) is 11.7 Å². The minimum absolute atomic E-state index is 0.0577. The highest BCUT2D eigenvalue weighted by atomic mass is 32.2. The summed E-state index contributed by atoms with van der Waals surface area (Å²) in [6.07, 6.45) is 2.19. The number of sulfonamides is 1.